The normalized spacial score (nSPS) is 18.0. The van der Waals surface area contributed by atoms with Crippen LogP contribution in [0, 0.1) is 5.82 Å². The first-order valence-electron chi connectivity index (χ1n) is 8.73. The molecule has 1 fully saturated rings. The third-order valence-corrected chi connectivity index (χ3v) is 4.50. The number of carbonyl (C=O) groups is 1. The molecule has 0 spiro atoms. The zero-order valence-corrected chi connectivity index (χ0v) is 15.7. The third kappa shape index (κ3) is 5.34. The lowest BCUT2D eigenvalue weighted by Gasteiger charge is -2.34. The van der Waals surface area contributed by atoms with Gasteiger partial charge in [-0.3, -0.25) is 4.79 Å². The maximum Gasteiger partial charge on any atom is 0.263 e. The van der Waals surface area contributed by atoms with Crippen molar-refractivity contribution < 1.29 is 23.4 Å². The first-order chi connectivity index (χ1) is 13.0. The minimum Gasteiger partial charge on any atom is -0.491 e. The molecular formula is C20H21ClFNO4. The SMILES string of the molecule is CC(Oc1ccccc1Cl)C(=O)N1CCOC(COc2ccc(F)cc2)C1. The number of amides is 1. The highest BCUT2D eigenvalue weighted by molar-refractivity contribution is 6.32. The largest absolute Gasteiger partial charge is 0.491 e. The van der Waals surface area contributed by atoms with Crippen molar-refractivity contribution in [3.63, 3.8) is 0 Å². The number of benzene rings is 2. The number of rotatable bonds is 6. The molecule has 3 rings (SSSR count). The van der Waals surface area contributed by atoms with Crippen LogP contribution in [0.1, 0.15) is 6.92 Å². The van der Waals surface area contributed by atoms with E-state index in [0.29, 0.717) is 36.2 Å². The highest BCUT2D eigenvalue weighted by atomic mass is 35.5. The molecule has 0 N–H and O–H groups in total. The van der Waals surface area contributed by atoms with Gasteiger partial charge in [0.15, 0.2) is 6.10 Å². The van der Waals surface area contributed by atoms with Crippen molar-refractivity contribution in [1.29, 1.82) is 0 Å². The van der Waals surface area contributed by atoms with Crippen LogP contribution in [-0.2, 0) is 9.53 Å². The molecule has 1 amide bonds. The third-order valence-electron chi connectivity index (χ3n) is 4.19. The maximum absolute atomic E-state index is 12.9. The fourth-order valence-corrected chi connectivity index (χ4v) is 2.96. The molecule has 2 atom stereocenters. The molecule has 27 heavy (non-hydrogen) atoms. The lowest BCUT2D eigenvalue weighted by Crippen LogP contribution is -2.51. The van der Waals surface area contributed by atoms with Gasteiger partial charge in [0.2, 0.25) is 0 Å². The maximum atomic E-state index is 12.9. The number of nitrogens with zero attached hydrogens (tertiary/aromatic N) is 1. The Kier molecular flexibility index (Phi) is 6.53. The summed E-state index contributed by atoms with van der Waals surface area (Å²) in [6, 6.07) is 12.8. The van der Waals surface area contributed by atoms with Gasteiger partial charge in [0.25, 0.3) is 5.91 Å². The van der Waals surface area contributed by atoms with Crippen molar-refractivity contribution in [3.8, 4) is 11.5 Å². The molecule has 5 nitrogen and oxygen atoms in total. The van der Waals surface area contributed by atoms with Gasteiger partial charge in [-0.1, -0.05) is 23.7 Å². The van der Waals surface area contributed by atoms with Gasteiger partial charge in [0, 0.05) is 6.54 Å². The van der Waals surface area contributed by atoms with E-state index in [9.17, 15) is 9.18 Å². The van der Waals surface area contributed by atoms with Gasteiger partial charge in [-0.25, -0.2) is 4.39 Å². The predicted octanol–water partition coefficient (Wildman–Crippen LogP) is 3.55. The zero-order valence-electron chi connectivity index (χ0n) is 14.9. The van der Waals surface area contributed by atoms with Gasteiger partial charge in [-0.2, -0.15) is 0 Å². The van der Waals surface area contributed by atoms with E-state index in [1.807, 2.05) is 0 Å². The average Bonchev–Trinajstić information content (AvgIpc) is 2.69. The Balaban J connectivity index is 1.52. The van der Waals surface area contributed by atoms with Crippen molar-refractivity contribution in [1.82, 2.24) is 4.90 Å². The van der Waals surface area contributed by atoms with E-state index in [-0.39, 0.29) is 24.4 Å². The van der Waals surface area contributed by atoms with E-state index in [1.165, 1.54) is 12.1 Å². The molecule has 1 aliphatic rings. The minimum atomic E-state index is -0.665. The van der Waals surface area contributed by atoms with Crippen LogP contribution < -0.4 is 9.47 Å². The first kappa shape index (κ1) is 19.5. The molecule has 2 aromatic carbocycles. The summed E-state index contributed by atoms with van der Waals surface area (Å²) in [7, 11) is 0. The molecule has 0 saturated carbocycles. The van der Waals surface area contributed by atoms with E-state index in [1.54, 1.807) is 48.2 Å². The van der Waals surface area contributed by atoms with Crippen LogP contribution in [0.25, 0.3) is 0 Å². The summed E-state index contributed by atoms with van der Waals surface area (Å²) in [5.74, 6) is 0.578. The molecule has 0 aromatic heterocycles. The molecule has 7 heteroatoms. The molecule has 0 radical (unpaired) electrons. The smallest absolute Gasteiger partial charge is 0.263 e. The number of ether oxygens (including phenoxy) is 3. The Hall–Kier alpha value is -2.31. The van der Waals surface area contributed by atoms with Crippen LogP contribution in [0.5, 0.6) is 11.5 Å². The molecule has 1 heterocycles. The van der Waals surface area contributed by atoms with Crippen LogP contribution in [0.2, 0.25) is 5.02 Å². The topological polar surface area (TPSA) is 48.0 Å². The van der Waals surface area contributed by atoms with Crippen LogP contribution in [0.4, 0.5) is 4.39 Å². The standard InChI is InChI=1S/C20H21ClFNO4/c1-14(27-19-5-3-2-4-18(19)21)20(24)23-10-11-25-17(12-23)13-26-16-8-6-15(22)7-9-16/h2-9,14,17H,10-13H2,1H3. The van der Waals surface area contributed by atoms with E-state index < -0.39 is 6.10 Å². The second kappa shape index (κ2) is 9.06. The van der Waals surface area contributed by atoms with Crippen LogP contribution >= 0.6 is 11.6 Å². The molecule has 0 aliphatic carbocycles. The van der Waals surface area contributed by atoms with Gasteiger partial charge < -0.3 is 19.1 Å². The van der Waals surface area contributed by atoms with Crippen molar-refractivity contribution in [3.05, 3.63) is 59.4 Å². The first-order valence-corrected chi connectivity index (χ1v) is 9.10. The van der Waals surface area contributed by atoms with Gasteiger partial charge in [-0.15, -0.1) is 0 Å². The summed E-state index contributed by atoms with van der Waals surface area (Å²) in [6.45, 7) is 3.28. The summed E-state index contributed by atoms with van der Waals surface area (Å²) in [6.07, 6.45) is -0.929. The summed E-state index contributed by atoms with van der Waals surface area (Å²) in [4.78, 5) is 14.4. The van der Waals surface area contributed by atoms with Crippen LogP contribution in [0.15, 0.2) is 48.5 Å². The molecule has 1 saturated heterocycles. The molecule has 144 valence electrons. The molecular weight excluding hydrogens is 373 g/mol. The summed E-state index contributed by atoms with van der Waals surface area (Å²) < 4.78 is 29.9. The molecule has 0 bridgehead atoms. The Morgan fingerprint density at radius 3 is 2.78 bits per heavy atom. The Labute approximate surface area is 162 Å². The number of carbonyl (C=O) groups excluding carboxylic acids is 1. The van der Waals surface area contributed by atoms with E-state index in [4.69, 9.17) is 25.8 Å². The summed E-state index contributed by atoms with van der Waals surface area (Å²) in [5, 5.41) is 0.463. The number of hydrogen-bond acceptors (Lipinski definition) is 4. The van der Waals surface area contributed by atoms with Crippen molar-refractivity contribution in [2.24, 2.45) is 0 Å². The monoisotopic (exact) mass is 393 g/mol. The molecule has 2 aromatic rings. The Morgan fingerprint density at radius 2 is 2.04 bits per heavy atom. The fraction of sp³-hybridized carbons (Fsp3) is 0.350. The number of halogens is 2. The van der Waals surface area contributed by atoms with Crippen LogP contribution in [-0.4, -0.2) is 49.3 Å². The van der Waals surface area contributed by atoms with Gasteiger partial charge >= 0.3 is 0 Å². The zero-order chi connectivity index (χ0) is 19.2. The highest BCUT2D eigenvalue weighted by Gasteiger charge is 2.29. The van der Waals surface area contributed by atoms with E-state index in [0.717, 1.165) is 0 Å². The van der Waals surface area contributed by atoms with Gasteiger partial charge in [-0.05, 0) is 43.3 Å². The molecule has 1 aliphatic heterocycles. The second-order valence-corrected chi connectivity index (χ2v) is 6.64. The average molecular weight is 394 g/mol. The molecule has 2 unspecified atom stereocenters. The van der Waals surface area contributed by atoms with Gasteiger partial charge in [0.1, 0.15) is 30.0 Å². The van der Waals surface area contributed by atoms with Crippen molar-refractivity contribution in [2.45, 2.75) is 19.1 Å². The number of hydrogen-bond donors (Lipinski definition) is 0. The Morgan fingerprint density at radius 1 is 1.30 bits per heavy atom. The predicted molar refractivity (Wildman–Crippen MR) is 99.8 cm³/mol. The van der Waals surface area contributed by atoms with Gasteiger partial charge in [0.05, 0.1) is 18.2 Å². The summed E-state index contributed by atoms with van der Waals surface area (Å²) in [5.41, 5.74) is 0. The van der Waals surface area contributed by atoms with Crippen LogP contribution in [0.3, 0.4) is 0 Å². The quantitative estimate of drug-likeness (QED) is 0.753. The Bertz CT molecular complexity index is 771. The second-order valence-electron chi connectivity index (χ2n) is 6.23. The number of morpholine rings is 1. The fourth-order valence-electron chi connectivity index (χ4n) is 2.78. The van der Waals surface area contributed by atoms with E-state index >= 15 is 0 Å². The van der Waals surface area contributed by atoms with Crippen molar-refractivity contribution in [2.75, 3.05) is 26.3 Å². The highest BCUT2D eigenvalue weighted by Crippen LogP contribution is 2.24. The number of para-hydroxylation sites is 1. The minimum absolute atomic E-state index is 0.134. The summed E-state index contributed by atoms with van der Waals surface area (Å²) >= 11 is 6.08. The lowest BCUT2D eigenvalue weighted by atomic mass is 10.2. The van der Waals surface area contributed by atoms with Crippen molar-refractivity contribution >= 4 is 17.5 Å². The lowest BCUT2D eigenvalue weighted by molar-refractivity contribution is -0.146. The van der Waals surface area contributed by atoms with E-state index in [2.05, 4.69) is 0 Å².